The molecule has 2 aromatic heterocycles. The van der Waals surface area contributed by atoms with Gasteiger partial charge in [0.05, 0.1) is 5.69 Å². The van der Waals surface area contributed by atoms with Crippen LogP contribution in [0.25, 0.3) is 33.3 Å². The molecule has 0 radical (unpaired) electrons. The number of nitrogens with one attached hydrogen (secondary N) is 1. The Morgan fingerprint density at radius 1 is 0.964 bits per heavy atom. The quantitative estimate of drug-likeness (QED) is 0.476. The van der Waals surface area contributed by atoms with Crippen LogP contribution in [0.3, 0.4) is 0 Å². The van der Waals surface area contributed by atoms with Crippen molar-refractivity contribution in [1.82, 2.24) is 9.97 Å². The number of benzene rings is 2. The van der Waals surface area contributed by atoms with E-state index in [0.29, 0.717) is 0 Å². The lowest BCUT2D eigenvalue weighted by Crippen LogP contribution is -2.16. The van der Waals surface area contributed by atoms with Crippen molar-refractivity contribution in [1.29, 1.82) is 0 Å². The Morgan fingerprint density at radius 3 is 2.64 bits per heavy atom. The summed E-state index contributed by atoms with van der Waals surface area (Å²) < 4.78 is 0. The minimum Gasteiger partial charge on any atom is -0.322 e. The van der Waals surface area contributed by atoms with Gasteiger partial charge < -0.3 is 4.98 Å². The zero-order valence-corrected chi connectivity index (χ0v) is 15.9. The lowest BCUT2D eigenvalue weighted by atomic mass is 9.92. The predicted molar refractivity (Wildman–Crippen MR) is 117 cm³/mol. The van der Waals surface area contributed by atoms with Crippen LogP contribution in [0.2, 0.25) is 0 Å². The number of aromatic amines is 1. The van der Waals surface area contributed by atoms with Crippen LogP contribution in [0.15, 0.2) is 89.2 Å². The summed E-state index contributed by atoms with van der Waals surface area (Å²) in [6, 6.07) is 22.3. The number of pyridine rings is 2. The number of allylic oxidation sites excluding steroid dienone is 1. The molecule has 5 rings (SSSR count). The highest BCUT2D eigenvalue weighted by Gasteiger charge is 2.24. The number of hydrogen-bond donors (Lipinski definition) is 1. The van der Waals surface area contributed by atoms with E-state index in [1.807, 2.05) is 42.5 Å². The third-order valence-electron chi connectivity index (χ3n) is 5.08. The molecule has 1 aliphatic heterocycles. The Balaban J connectivity index is 1.78. The molecule has 28 heavy (non-hydrogen) atoms. The summed E-state index contributed by atoms with van der Waals surface area (Å²) in [4.78, 5) is 20.6. The standard InChI is InChI=1S/C24H18N2OS/c27-24-23(21-12-6-14-28-21)22(18-9-1-2-11-20(18)26-24)17-8-5-7-16(15-17)19-10-3-4-13-25-19/h1-11,13-15,21H,12H2,(H,26,27). The van der Waals surface area contributed by atoms with E-state index in [4.69, 9.17) is 0 Å². The summed E-state index contributed by atoms with van der Waals surface area (Å²) >= 11 is 1.71. The summed E-state index contributed by atoms with van der Waals surface area (Å²) in [6.45, 7) is 0. The molecule has 4 aromatic rings. The molecule has 0 saturated heterocycles. The Kier molecular flexibility index (Phi) is 4.34. The van der Waals surface area contributed by atoms with E-state index in [2.05, 4.69) is 45.7 Å². The maximum Gasteiger partial charge on any atom is 0.253 e. The van der Waals surface area contributed by atoms with Crippen molar-refractivity contribution in [2.24, 2.45) is 0 Å². The van der Waals surface area contributed by atoms with Crippen molar-refractivity contribution >= 4 is 22.7 Å². The Hall–Kier alpha value is -3.11. The summed E-state index contributed by atoms with van der Waals surface area (Å²) in [5.41, 5.74) is 5.77. The van der Waals surface area contributed by atoms with Gasteiger partial charge in [0, 0.05) is 39.0 Å². The monoisotopic (exact) mass is 382 g/mol. The maximum absolute atomic E-state index is 13.1. The van der Waals surface area contributed by atoms with Crippen LogP contribution in [0.5, 0.6) is 0 Å². The predicted octanol–water partition coefficient (Wildman–Crippen LogP) is 5.95. The highest BCUT2D eigenvalue weighted by atomic mass is 32.2. The Bertz CT molecular complexity index is 1240. The highest BCUT2D eigenvalue weighted by molar-refractivity contribution is 8.02. The molecule has 0 spiro atoms. The number of thioether (sulfide) groups is 1. The number of H-pyrrole nitrogens is 1. The summed E-state index contributed by atoms with van der Waals surface area (Å²) in [5, 5.41) is 3.30. The number of nitrogens with zero attached hydrogens (tertiary/aromatic N) is 1. The number of rotatable bonds is 3. The van der Waals surface area contributed by atoms with Crippen LogP contribution >= 0.6 is 11.8 Å². The van der Waals surface area contributed by atoms with Gasteiger partial charge in [0.2, 0.25) is 0 Å². The summed E-state index contributed by atoms with van der Waals surface area (Å²) in [6.07, 6.45) is 4.81. The van der Waals surface area contributed by atoms with E-state index in [-0.39, 0.29) is 10.8 Å². The summed E-state index contributed by atoms with van der Waals surface area (Å²) in [7, 11) is 0. The SMILES string of the molecule is O=c1[nH]c2ccccc2c(-c2cccc(-c3ccccn3)c2)c1C1CC=CS1. The Labute approximate surface area is 167 Å². The average molecular weight is 382 g/mol. The third-order valence-corrected chi connectivity index (χ3v) is 6.19. The first kappa shape index (κ1) is 17.0. The van der Waals surface area contributed by atoms with Crippen LogP contribution in [0.4, 0.5) is 0 Å². The lowest BCUT2D eigenvalue weighted by Gasteiger charge is -2.17. The number of aromatic nitrogens is 2. The van der Waals surface area contributed by atoms with Gasteiger partial charge in [-0.3, -0.25) is 9.78 Å². The van der Waals surface area contributed by atoms with Crippen LogP contribution in [-0.4, -0.2) is 9.97 Å². The molecule has 136 valence electrons. The molecule has 2 aromatic carbocycles. The molecule has 3 nitrogen and oxygen atoms in total. The van der Waals surface area contributed by atoms with E-state index >= 15 is 0 Å². The van der Waals surface area contributed by atoms with Gasteiger partial charge in [-0.05, 0) is 41.7 Å². The maximum atomic E-state index is 13.1. The highest BCUT2D eigenvalue weighted by Crippen LogP contribution is 2.43. The van der Waals surface area contributed by atoms with E-state index in [0.717, 1.165) is 45.3 Å². The first-order chi connectivity index (χ1) is 13.8. The second kappa shape index (κ2) is 7.13. The van der Waals surface area contributed by atoms with Crippen LogP contribution in [0, 0.1) is 0 Å². The summed E-state index contributed by atoms with van der Waals surface area (Å²) in [5.74, 6) is 0. The fourth-order valence-corrected chi connectivity index (χ4v) is 4.81. The zero-order valence-electron chi connectivity index (χ0n) is 15.1. The van der Waals surface area contributed by atoms with Crippen molar-refractivity contribution < 1.29 is 0 Å². The number of hydrogen-bond acceptors (Lipinski definition) is 3. The van der Waals surface area contributed by atoms with Crippen molar-refractivity contribution in [3.8, 4) is 22.4 Å². The minimum atomic E-state index is -0.00172. The van der Waals surface area contributed by atoms with Crippen molar-refractivity contribution in [3.05, 3.63) is 100 Å². The fourth-order valence-electron chi connectivity index (χ4n) is 3.82. The molecule has 4 heteroatoms. The van der Waals surface area contributed by atoms with E-state index in [1.54, 1.807) is 18.0 Å². The fraction of sp³-hybridized carbons (Fsp3) is 0.0833. The minimum absolute atomic E-state index is 0.00172. The van der Waals surface area contributed by atoms with Crippen LogP contribution in [-0.2, 0) is 0 Å². The van der Waals surface area contributed by atoms with Gasteiger partial charge in [-0.15, -0.1) is 11.8 Å². The first-order valence-corrected chi connectivity index (χ1v) is 10.2. The van der Waals surface area contributed by atoms with Gasteiger partial charge in [-0.25, -0.2) is 0 Å². The molecule has 0 saturated carbocycles. The molecule has 0 bridgehead atoms. The molecule has 0 amide bonds. The molecule has 0 fully saturated rings. The smallest absolute Gasteiger partial charge is 0.253 e. The average Bonchev–Trinajstić information content (AvgIpc) is 3.28. The van der Waals surface area contributed by atoms with Gasteiger partial charge in [0.15, 0.2) is 0 Å². The largest absolute Gasteiger partial charge is 0.322 e. The number of fused-ring (bicyclic) bond motifs is 1. The van der Waals surface area contributed by atoms with E-state index < -0.39 is 0 Å². The van der Waals surface area contributed by atoms with E-state index in [9.17, 15) is 4.79 Å². The van der Waals surface area contributed by atoms with Gasteiger partial charge in [-0.1, -0.05) is 48.5 Å². The molecule has 0 aliphatic carbocycles. The molecular formula is C24H18N2OS. The molecule has 1 atom stereocenters. The van der Waals surface area contributed by atoms with E-state index in [1.165, 1.54) is 0 Å². The van der Waals surface area contributed by atoms with Crippen molar-refractivity contribution in [3.63, 3.8) is 0 Å². The lowest BCUT2D eigenvalue weighted by molar-refractivity contribution is 0.966. The topological polar surface area (TPSA) is 45.8 Å². The van der Waals surface area contributed by atoms with Gasteiger partial charge in [0.1, 0.15) is 0 Å². The van der Waals surface area contributed by atoms with Crippen molar-refractivity contribution in [2.45, 2.75) is 11.7 Å². The molecule has 3 heterocycles. The molecule has 1 N–H and O–H groups in total. The van der Waals surface area contributed by atoms with Gasteiger partial charge >= 0.3 is 0 Å². The molecule has 1 unspecified atom stereocenters. The second-order valence-corrected chi connectivity index (χ2v) is 7.93. The first-order valence-electron chi connectivity index (χ1n) is 9.28. The number of para-hydroxylation sites is 1. The van der Waals surface area contributed by atoms with Gasteiger partial charge in [-0.2, -0.15) is 0 Å². The molecular weight excluding hydrogens is 364 g/mol. The Morgan fingerprint density at radius 2 is 1.82 bits per heavy atom. The molecule has 1 aliphatic rings. The third kappa shape index (κ3) is 2.96. The normalized spacial score (nSPS) is 15.9. The van der Waals surface area contributed by atoms with Gasteiger partial charge in [0.25, 0.3) is 5.56 Å². The zero-order chi connectivity index (χ0) is 18.9. The second-order valence-electron chi connectivity index (χ2n) is 6.82. The van der Waals surface area contributed by atoms with Crippen LogP contribution in [0.1, 0.15) is 17.2 Å². The van der Waals surface area contributed by atoms with Crippen LogP contribution < -0.4 is 5.56 Å². The van der Waals surface area contributed by atoms with Crippen molar-refractivity contribution in [2.75, 3.05) is 0 Å².